The summed E-state index contributed by atoms with van der Waals surface area (Å²) in [6.07, 6.45) is 0. The van der Waals surface area contributed by atoms with E-state index in [-0.39, 0.29) is 11.4 Å². The van der Waals surface area contributed by atoms with E-state index in [1.807, 2.05) is 20.8 Å². The normalized spacial score (nSPS) is 14.2. The van der Waals surface area contributed by atoms with E-state index >= 15 is 0 Å². The molecule has 0 fully saturated rings. The first kappa shape index (κ1) is 15.3. The van der Waals surface area contributed by atoms with E-state index in [4.69, 9.17) is 5.73 Å². The molecule has 0 amide bonds. The molecule has 0 radical (unpaired) electrons. The molecule has 1 atom stereocenters. The summed E-state index contributed by atoms with van der Waals surface area (Å²) >= 11 is 0. The molecule has 0 saturated heterocycles. The average molecular weight is 283 g/mol. The number of hydrogen-bond acceptors (Lipinski definition) is 4. The quantitative estimate of drug-likeness (QED) is 0.398. The number of nitrogens with two attached hydrogens (primary N) is 1. The summed E-state index contributed by atoms with van der Waals surface area (Å²) in [6.45, 7) is 7.10. The second-order valence-electron chi connectivity index (χ2n) is 5.07. The lowest BCUT2D eigenvalue weighted by Gasteiger charge is -2.14. The van der Waals surface area contributed by atoms with Crippen LogP contribution in [0.5, 0.6) is 0 Å². The van der Waals surface area contributed by atoms with E-state index in [0.29, 0.717) is 11.3 Å². The second kappa shape index (κ2) is 5.48. The van der Waals surface area contributed by atoms with E-state index < -0.39 is 20.7 Å². The number of benzene rings is 1. The Hall–Kier alpha value is -1.76. The fraction of sp³-hybridized carbons (Fsp3) is 0.417. The Morgan fingerprint density at radius 2 is 2.00 bits per heavy atom. The van der Waals surface area contributed by atoms with Crippen LogP contribution in [-0.2, 0) is 11.0 Å². The van der Waals surface area contributed by atoms with Crippen molar-refractivity contribution < 1.29 is 9.13 Å². The maximum Gasteiger partial charge on any atom is 0.292 e. The molecule has 2 N–H and O–H groups in total. The molecule has 6 nitrogen and oxygen atoms in total. The molecule has 0 heterocycles. The Labute approximate surface area is 114 Å². The molecule has 0 aliphatic rings. The van der Waals surface area contributed by atoms with Crippen LogP contribution in [0.15, 0.2) is 22.6 Å². The van der Waals surface area contributed by atoms with Gasteiger partial charge in [-0.2, -0.15) is 4.40 Å². The Morgan fingerprint density at radius 3 is 2.47 bits per heavy atom. The highest BCUT2D eigenvalue weighted by Gasteiger charge is 2.20. The standard InChI is InChI=1S/C12H17N3O3S/c1-8(14-19(18)12(2,3)4)9-5-6-10(13)11(7-9)15(16)17/h5-7H,13H2,1-4H3/b14-8+/t19-/m0/s1. The Morgan fingerprint density at radius 1 is 1.42 bits per heavy atom. The van der Waals surface area contributed by atoms with E-state index in [1.54, 1.807) is 13.0 Å². The SMILES string of the molecule is C/C(=N\[S@@](=O)C(C)(C)C)c1ccc(N)c([N+](=O)[O-])c1. The molecule has 7 heteroatoms. The van der Waals surface area contributed by atoms with Crippen LogP contribution in [0.3, 0.4) is 0 Å². The third-order valence-electron chi connectivity index (χ3n) is 2.39. The van der Waals surface area contributed by atoms with Gasteiger partial charge in [0.1, 0.15) is 16.7 Å². The summed E-state index contributed by atoms with van der Waals surface area (Å²) in [5, 5.41) is 10.8. The van der Waals surface area contributed by atoms with Crippen LogP contribution in [0.2, 0.25) is 0 Å². The molecule has 0 saturated carbocycles. The number of hydrogen-bond donors (Lipinski definition) is 1. The van der Waals surface area contributed by atoms with Crippen LogP contribution in [0.1, 0.15) is 33.3 Å². The molecule has 1 aromatic rings. The van der Waals surface area contributed by atoms with Crippen molar-refractivity contribution in [3.8, 4) is 0 Å². The maximum atomic E-state index is 11.9. The zero-order valence-corrected chi connectivity index (χ0v) is 12.2. The third kappa shape index (κ3) is 3.85. The molecule has 1 rings (SSSR count). The lowest BCUT2D eigenvalue weighted by Crippen LogP contribution is -2.20. The Kier molecular flexibility index (Phi) is 4.41. The minimum Gasteiger partial charge on any atom is -0.393 e. The average Bonchev–Trinajstić information content (AvgIpc) is 2.27. The van der Waals surface area contributed by atoms with Gasteiger partial charge in [0.15, 0.2) is 0 Å². The first-order valence-electron chi connectivity index (χ1n) is 5.64. The van der Waals surface area contributed by atoms with Crippen molar-refractivity contribution in [1.82, 2.24) is 0 Å². The summed E-state index contributed by atoms with van der Waals surface area (Å²) in [5.74, 6) is 0. The van der Waals surface area contributed by atoms with Gasteiger partial charge in [-0.05, 0) is 33.8 Å². The third-order valence-corrected chi connectivity index (χ3v) is 3.88. The molecule has 19 heavy (non-hydrogen) atoms. The van der Waals surface area contributed by atoms with Gasteiger partial charge < -0.3 is 5.73 Å². The van der Waals surface area contributed by atoms with Gasteiger partial charge in [-0.3, -0.25) is 10.1 Å². The van der Waals surface area contributed by atoms with Gasteiger partial charge in [0.25, 0.3) is 5.69 Å². The summed E-state index contributed by atoms with van der Waals surface area (Å²) in [6, 6.07) is 4.42. The van der Waals surface area contributed by atoms with E-state index in [2.05, 4.69) is 4.40 Å². The summed E-state index contributed by atoms with van der Waals surface area (Å²) in [7, 11) is -1.40. The number of rotatable bonds is 3. The number of nitro benzene ring substituents is 1. The van der Waals surface area contributed by atoms with E-state index in [1.165, 1.54) is 12.1 Å². The molecule has 0 unspecified atom stereocenters. The van der Waals surface area contributed by atoms with Crippen molar-refractivity contribution in [2.24, 2.45) is 4.40 Å². The van der Waals surface area contributed by atoms with Crippen LogP contribution >= 0.6 is 0 Å². The van der Waals surface area contributed by atoms with Crippen molar-refractivity contribution in [2.45, 2.75) is 32.4 Å². The fourth-order valence-corrected chi connectivity index (χ4v) is 1.87. The van der Waals surface area contributed by atoms with Crippen LogP contribution < -0.4 is 5.73 Å². The van der Waals surface area contributed by atoms with Crippen molar-refractivity contribution in [3.63, 3.8) is 0 Å². The minimum atomic E-state index is -1.40. The van der Waals surface area contributed by atoms with Gasteiger partial charge in [0.05, 0.1) is 15.4 Å². The van der Waals surface area contributed by atoms with Crippen molar-refractivity contribution in [3.05, 3.63) is 33.9 Å². The number of nitrogen functional groups attached to an aromatic ring is 1. The number of nitrogens with zero attached hydrogens (tertiary/aromatic N) is 2. The van der Waals surface area contributed by atoms with Crippen molar-refractivity contribution >= 4 is 28.1 Å². The highest BCUT2D eigenvalue weighted by atomic mass is 32.2. The Balaban J connectivity index is 3.17. The fourth-order valence-electron chi connectivity index (χ4n) is 1.24. The molecule has 0 aliphatic heterocycles. The molecule has 0 bridgehead atoms. The number of anilines is 1. The first-order valence-corrected chi connectivity index (χ1v) is 6.75. The lowest BCUT2D eigenvalue weighted by molar-refractivity contribution is -0.383. The topological polar surface area (TPSA) is 98.6 Å². The van der Waals surface area contributed by atoms with Crippen LogP contribution in [0.25, 0.3) is 0 Å². The first-order chi connectivity index (χ1) is 8.62. The molecular weight excluding hydrogens is 266 g/mol. The molecule has 104 valence electrons. The van der Waals surface area contributed by atoms with Gasteiger partial charge in [0, 0.05) is 11.6 Å². The van der Waals surface area contributed by atoms with Crippen molar-refractivity contribution in [1.29, 1.82) is 0 Å². The van der Waals surface area contributed by atoms with Crippen LogP contribution in [0.4, 0.5) is 11.4 Å². The summed E-state index contributed by atoms with van der Waals surface area (Å²) in [4.78, 5) is 10.3. The number of nitro groups is 1. The predicted molar refractivity (Wildman–Crippen MR) is 77.6 cm³/mol. The molecular formula is C12H17N3O3S. The van der Waals surface area contributed by atoms with Crippen molar-refractivity contribution in [2.75, 3.05) is 5.73 Å². The van der Waals surface area contributed by atoms with Gasteiger partial charge in [-0.25, -0.2) is 4.21 Å². The van der Waals surface area contributed by atoms with E-state index in [9.17, 15) is 14.3 Å². The van der Waals surface area contributed by atoms with Gasteiger partial charge in [0.2, 0.25) is 0 Å². The van der Waals surface area contributed by atoms with Crippen LogP contribution in [0, 0.1) is 10.1 Å². The molecule has 1 aromatic carbocycles. The molecule has 0 aliphatic carbocycles. The molecule has 0 spiro atoms. The Bertz CT molecular complexity index is 562. The highest BCUT2D eigenvalue weighted by molar-refractivity contribution is 7.85. The predicted octanol–water partition coefficient (Wildman–Crippen LogP) is 2.45. The zero-order chi connectivity index (χ0) is 14.8. The van der Waals surface area contributed by atoms with Gasteiger partial charge >= 0.3 is 0 Å². The highest BCUT2D eigenvalue weighted by Crippen LogP contribution is 2.23. The largest absolute Gasteiger partial charge is 0.393 e. The van der Waals surface area contributed by atoms with Crippen LogP contribution in [-0.4, -0.2) is 19.6 Å². The van der Waals surface area contributed by atoms with E-state index in [0.717, 1.165) is 0 Å². The monoisotopic (exact) mass is 283 g/mol. The second-order valence-corrected chi connectivity index (χ2v) is 6.97. The summed E-state index contributed by atoms with van der Waals surface area (Å²) in [5.41, 5.74) is 6.47. The lowest BCUT2D eigenvalue weighted by atomic mass is 10.1. The summed E-state index contributed by atoms with van der Waals surface area (Å²) < 4.78 is 15.5. The maximum absolute atomic E-state index is 11.9. The molecule has 0 aromatic heterocycles. The van der Waals surface area contributed by atoms with Gasteiger partial charge in [-0.1, -0.05) is 6.07 Å². The smallest absolute Gasteiger partial charge is 0.292 e. The van der Waals surface area contributed by atoms with Gasteiger partial charge in [-0.15, -0.1) is 0 Å². The zero-order valence-electron chi connectivity index (χ0n) is 11.3. The minimum absolute atomic E-state index is 0.0958.